The number of benzene rings is 2. The fourth-order valence-electron chi connectivity index (χ4n) is 3.26. The number of halogens is 1. The van der Waals surface area contributed by atoms with Gasteiger partial charge in [0.25, 0.3) is 5.91 Å². The molecule has 0 atom stereocenters. The molecule has 0 fully saturated rings. The van der Waals surface area contributed by atoms with Crippen molar-refractivity contribution in [2.24, 2.45) is 4.99 Å². The zero-order valence-corrected chi connectivity index (χ0v) is 19.9. The van der Waals surface area contributed by atoms with Crippen molar-refractivity contribution in [2.75, 3.05) is 38.6 Å². The van der Waals surface area contributed by atoms with Crippen molar-refractivity contribution in [2.45, 2.75) is 13.0 Å². The predicted octanol–water partition coefficient (Wildman–Crippen LogP) is 2.95. The molecule has 3 rings (SSSR count). The van der Waals surface area contributed by atoms with E-state index in [1.807, 2.05) is 24.3 Å². The number of hydrogen-bond donors (Lipinski definition) is 3. The number of nitrogens with one attached hydrogen (secondary N) is 3. The van der Waals surface area contributed by atoms with Crippen molar-refractivity contribution >= 4 is 41.5 Å². The molecule has 7 heteroatoms. The summed E-state index contributed by atoms with van der Waals surface area (Å²) in [5.41, 5.74) is 4.25. The van der Waals surface area contributed by atoms with E-state index in [9.17, 15) is 4.79 Å². The first-order chi connectivity index (χ1) is 14.2. The Morgan fingerprint density at radius 3 is 2.43 bits per heavy atom. The largest absolute Gasteiger partial charge is 0.364 e. The molecule has 0 unspecified atom stereocenters. The number of hydrogen-bond acceptors (Lipinski definition) is 3. The Kier molecular flexibility index (Phi) is 9.66. The van der Waals surface area contributed by atoms with Gasteiger partial charge in [0, 0.05) is 51.5 Å². The summed E-state index contributed by atoms with van der Waals surface area (Å²) in [5, 5.41) is 9.33. The maximum Gasteiger partial charge on any atom is 0.251 e. The van der Waals surface area contributed by atoms with Gasteiger partial charge in [0.2, 0.25) is 0 Å². The van der Waals surface area contributed by atoms with Crippen LogP contribution in [0.1, 0.15) is 21.5 Å². The number of aliphatic imine (C=N–C) groups is 1. The molecular weight excluding hydrogens is 489 g/mol. The van der Waals surface area contributed by atoms with Gasteiger partial charge in [0.05, 0.1) is 0 Å². The van der Waals surface area contributed by atoms with Crippen LogP contribution in [-0.2, 0) is 13.0 Å². The van der Waals surface area contributed by atoms with Crippen LogP contribution in [0.2, 0.25) is 0 Å². The Bertz CT molecular complexity index is 871. The van der Waals surface area contributed by atoms with Crippen LogP contribution in [0.15, 0.2) is 65.7 Å². The fourth-order valence-corrected chi connectivity index (χ4v) is 3.26. The number of carbonyl (C=O) groups is 1. The molecule has 0 bridgehead atoms. The lowest BCUT2D eigenvalue weighted by Gasteiger charge is -2.18. The Hall–Kier alpha value is -2.55. The van der Waals surface area contributed by atoms with Crippen molar-refractivity contribution in [3.8, 4) is 0 Å². The molecule has 3 N–H and O–H groups in total. The van der Waals surface area contributed by atoms with Crippen molar-refractivity contribution in [3.05, 3.63) is 77.4 Å². The highest BCUT2D eigenvalue weighted by molar-refractivity contribution is 14.0. The van der Waals surface area contributed by atoms with Crippen molar-refractivity contribution in [3.63, 3.8) is 0 Å². The topological polar surface area (TPSA) is 68.8 Å². The van der Waals surface area contributed by atoms with Crippen LogP contribution in [0.4, 0.5) is 5.69 Å². The fraction of sp³-hybridized carbons (Fsp3) is 0.304. The van der Waals surface area contributed by atoms with E-state index in [0.717, 1.165) is 37.6 Å². The zero-order chi connectivity index (χ0) is 20.5. The highest BCUT2D eigenvalue weighted by Gasteiger charge is 2.07. The maximum absolute atomic E-state index is 11.7. The number of guanidine groups is 1. The quantitative estimate of drug-likeness (QED) is 0.228. The molecule has 30 heavy (non-hydrogen) atoms. The molecule has 0 saturated carbocycles. The smallest absolute Gasteiger partial charge is 0.251 e. The molecular formula is C23H30IN5O. The van der Waals surface area contributed by atoms with Crippen LogP contribution in [0.5, 0.6) is 0 Å². The van der Waals surface area contributed by atoms with Gasteiger partial charge in [-0.05, 0) is 41.8 Å². The molecule has 2 aromatic carbocycles. The molecule has 160 valence electrons. The van der Waals surface area contributed by atoms with Gasteiger partial charge in [-0.2, -0.15) is 0 Å². The van der Waals surface area contributed by atoms with E-state index >= 15 is 0 Å². The molecule has 2 aromatic rings. The summed E-state index contributed by atoms with van der Waals surface area (Å²) in [6.45, 7) is 3.42. The van der Waals surface area contributed by atoms with E-state index in [0.29, 0.717) is 12.1 Å². The van der Waals surface area contributed by atoms with Crippen LogP contribution in [-0.4, -0.2) is 45.6 Å². The Morgan fingerprint density at radius 1 is 1.03 bits per heavy atom. The third kappa shape index (κ3) is 6.76. The van der Waals surface area contributed by atoms with Crippen molar-refractivity contribution < 1.29 is 4.79 Å². The number of anilines is 1. The summed E-state index contributed by atoms with van der Waals surface area (Å²) in [5.74, 6) is 0.699. The molecule has 0 saturated heterocycles. The summed E-state index contributed by atoms with van der Waals surface area (Å²) >= 11 is 0. The lowest BCUT2D eigenvalue weighted by molar-refractivity contribution is 0.0963. The Morgan fingerprint density at radius 2 is 1.77 bits per heavy atom. The van der Waals surface area contributed by atoms with E-state index in [1.54, 1.807) is 14.1 Å². The first-order valence-electron chi connectivity index (χ1n) is 9.94. The third-order valence-corrected chi connectivity index (χ3v) is 4.93. The second kappa shape index (κ2) is 12.2. The summed E-state index contributed by atoms with van der Waals surface area (Å²) in [4.78, 5) is 18.4. The molecule has 6 nitrogen and oxygen atoms in total. The van der Waals surface area contributed by atoms with Crippen LogP contribution < -0.4 is 20.9 Å². The van der Waals surface area contributed by atoms with Crippen molar-refractivity contribution in [1.29, 1.82) is 0 Å². The molecule has 1 amide bonds. The van der Waals surface area contributed by atoms with E-state index in [1.165, 1.54) is 11.3 Å². The monoisotopic (exact) mass is 519 g/mol. The van der Waals surface area contributed by atoms with Crippen molar-refractivity contribution in [1.82, 2.24) is 16.0 Å². The van der Waals surface area contributed by atoms with Gasteiger partial charge >= 0.3 is 0 Å². The second-order valence-corrected chi connectivity index (χ2v) is 6.92. The minimum atomic E-state index is -0.0655. The van der Waals surface area contributed by atoms with E-state index in [-0.39, 0.29) is 29.9 Å². The van der Waals surface area contributed by atoms with Gasteiger partial charge in [-0.1, -0.05) is 36.4 Å². The van der Waals surface area contributed by atoms with Gasteiger partial charge in [-0.25, -0.2) is 0 Å². The van der Waals surface area contributed by atoms with Gasteiger partial charge in [-0.3, -0.25) is 9.79 Å². The van der Waals surface area contributed by atoms with Crippen LogP contribution in [0.3, 0.4) is 0 Å². The van der Waals surface area contributed by atoms with Gasteiger partial charge in [0.1, 0.15) is 0 Å². The molecule has 0 radical (unpaired) electrons. The number of nitrogens with zero attached hydrogens (tertiary/aromatic N) is 2. The third-order valence-electron chi connectivity index (χ3n) is 4.93. The first-order valence-corrected chi connectivity index (χ1v) is 9.94. The lowest BCUT2D eigenvalue weighted by Crippen LogP contribution is -2.37. The Balaban J connectivity index is 0.00000320. The summed E-state index contributed by atoms with van der Waals surface area (Å²) in [6.07, 6.45) is 5.20. The average molecular weight is 519 g/mol. The first kappa shape index (κ1) is 23.7. The van der Waals surface area contributed by atoms with E-state index in [2.05, 4.69) is 62.3 Å². The maximum atomic E-state index is 11.7. The summed E-state index contributed by atoms with van der Waals surface area (Å²) in [6, 6.07) is 16.3. The van der Waals surface area contributed by atoms with E-state index in [4.69, 9.17) is 0 Å². The molecule has 0 aromatic heterocycles. The minimum absolute atomic E-state index is 0. The SMILES string of the molecule is CN=C(NCCc1cccc(C(=O)NC)c1)NCc1ccc(N2CC=CC2)cc1.I. The zero-order valence-electron chi connectivity index (χ0n) is 17.5. The predicted molar refractivity (Wildman–Crippen MR) is 135 cm³/mol. The molecule has 1 heterocycles. The number of rotatable bonds is 7. The van der Waals surface area contributed by atoms with E-state index < -0.39 is 0 Å². The summed E-state index contributed by atoms with van der Waals surface area (Å²) in [7, 11) is 3.41. The molecule has 1 aliphatic heterocycles. The van der Waals surface area contributed by atoms with Gasteiger partial charge < -0.3 is 20.9 Å². The van der Waals surface area contributed by atoms with Gasteiger partial charge in [0.15, 0.2) is 5.96 Å². The van der Waals surface area contributed by atoms with Crippen LogP contribution >= 0.6 is 24.0 Å². The number of carbonyl (C=O) groups excluding carboxylic acids is 1. The lowest BCUT2D eigenvalue weighted by atomic mass is 10.1. The molecule has 1 aliphatic rings. The highest BCUT2D eigenvalue weighted by Crippen LogP contribution is 2.17. The van der Waals surface area contributed by atoms with Gasteiger partial charge in [-0.15, -0.1) is 24.0 Å². The molecule has 0 spiro atoms. The standard InChI is InChI=1S/C23H29N5O.HI/c1-24-22(29)20-7-5-6-18(16-20)12-13-26-23(25-2)27-17-19-8-10-21(11-9-19)28-14-3-4-15-28;/h3-11,16H,12-15,17H2,1-2H3,(H,24,29)(H2,25,26,27);1H. The highest BCUT2D eigenvalue weighted by atomic mass is 127. The normalized spacial score (nSPS) is 13.0. The minimum Gasteiger partial charge on any atom is -0.364 e. The second-order valence-electron chi connectivity index (χ2n) is 6.92. The summed E-state index contributed by atoms with van der Waals surface area (Å²) < 4.78 is 0. The Labute approximate surface area is 195 Å². The van der Waals surface area contributed by atoms with Crippen LogP contribution in [0.25, 0.3) is 0 Å². The number of amides is 1. The molecule has 0 aliphatic carbocycles. The average Bonchev–Trinajstić information content (AvgIpc) is 3.31. The van der Waals surface area contributed by atoms with Crippen LogP contribution in [0, 0.1) is 0 Å².